The second kappa shape index (κ2) is 10.6. The molecule has 3 aromatic rings. The van der Waals surface area contributed by atoms with Crippen molar-refractivity contribution in [2.24, 2.45) is 0 Å². The van der Waals surface area contributed by atoms with Crippen LogP contribution in [0.15, 0.2) is 71.6 Å². The summed E-state index contributed by atoms with van der Waals surface area (Å²) in [5.74, 6) is -2.46. The molecule has 0 fully saturated rings. The first kappa shape index (κ1) is 26.5. The quantitative estimate of drug-likeness (QED) is 0.399. The zero-order valence-corrected chi connectivity index (χ0v) is 19.7. The Kier molecular flexibility index (Phi) is 8.04. The summed E-state index contributed by atoms with van der Waals surface area (Å²) in [5, 5.41) is 2.30. The van der Waals surface area contributed by atoms with Crippen LogP contribution in [0.1, 0.15) is 11.1 Å². The molecule has 0 aliphatic carbocycles. The Bertz CT molecular complexity index is 1320. The molecule has 3 aromatic carbocycles. The molecule has 12 heteroatoms. The molecule has 0 aromatic heterocycles. The van der Waals surface area contributed by atoms with Gasteiger partial charge >= 0.3 is 6.18 Å². The number of hydrogen-bond donors (Lipinski definition) is 1. The lowest BCUT2D eigenvalue weighted by atomic mass is 10.2. The number of ether oxygens (including phenoxy) is 1. The molecule has 1 amide bonds. The molecule has 0 saturated heterocycles. The van der Waals surface area contributed by atoms with Crippen LogP contribution >= 0.6 is 11.6 Å². The fourth-order valence-electron chi connectivity index (χ4n) is 3.19. The molecule has 0 aliphatic heterocycles. The van der Waals surface area contributed by atoms with Crippen molar-refractivity contribution in [3.63, 3.8) is 0 Å². The first-order valence-electron chi connectivity index (χ1n) is 9.96. The Morgan fingerprint density at radius 3 is 2.37 bits per heavy atom. The van der Waals surface area contributed by atoms with Gasteiger partial charge in [-0.2, -0.15) is 17.5 Å². The zero-order valence-electron chi connectivity index (χ0n) is 18.1. The maximum absolute atomic E-state index is 13.6. The molecule has 35 heavy (non-hydrogen) atoms. The standard InChI is InChI=1S/C23H19ClF4N2O4S/c1-34-20-10-7-16(24)11-21(20)35(32,33)30(13-15-5-3-2-4-6-15)14-22(31)29-17-8-9-19(25)18(12-17)23(26,27)28/h2-12H,13-14H2,1H3,(H,29,31). The number of sulfonamides is 1. The molecular weight excluding hydrogens is 512 g/mol. The summed E-state index contributed by atoms with van der Waals surface area (Å²) in [5.41, 5.74) is -1.36. The van der Waals surface area contributed by atoms with Crippen LogP contribution in [0.3, 0.4) is 0 Å². The summed E-state index contributed by atoms with van der Waals surface area (Å²) >= 11 is 5.98. The van der Waals surface area contributed by atoms with Gasteiger partial charge in [-0.1, -0.05) is 41.9 Å². The SMILES string of the molecule is COc1ccc(Cl)cc1S(=O)(=O)N(CC(=O)Nc1ccc(F)c(C(F)(F)F)c1)Cc1ccccc1. The van der Waals surface area contributed by atoms with E-state index < -0.39 is 40.0 Å². The smallest absolute Gasteiger partial charge is 0.419 e. The minimum atomic E-state index is -4.98. The Morgan fingerprint density at radius 2 is 1.74 bits per heavy atom. The predicted octanol–water partition coefficient (Wildman–Crippen LogP) is 5.34. The molecule has 3 rings (SSSR count). The number of anilines is 1. The number of methoxy groups -OCH3 is 1. The van der Waals surface area contributed by atoms with E-state index in [4.69, 9.17) is 16.3 Å². The van der Waals surface area contributed by atoms with Gasteiger partial charge in [-0.15, -0.1) is 0 Å². The molecule has 0 aliphatic rings. The average Bonchev–Trinajstić information content (AvgIpc) is 2.79. The van der Waals surface area contributed by atoms with Crippen molar-refractivity contribution < 1.29 is 35.5 Å². The van der Waals surface area contributed by atoms with Gasteiger partial charge in [0.2, 0.25) is 15.9 Å². The lowest BCUT2D eigenvalue weighted by Crippen LogP contribution is -2.37. The molecule has 0 spiro atoms. The molecule has 0 saturated carbocycles. The fraction of sp³-hybridized carbons (Fsp3) is 0.174. The maximum Gasteiger partial charge on any atom is 0.419 e. The highest BCUT2D eigenvalue weighted by atomic mass is 35.5. The fourth-order valence-corrected chi connectivity index (χ4v) is 4.99. The average molecular weight is 531 g/mol. The Balaban J connectivity index is 1.94. The van der Waals surface area contributed by atoms with Crippen molar-refractivity contribution >= 4 is 33.2 Å². The number of carbonyl (C=O) groups excluding carboxylic acids is 1. The summed E-state index contributed by atoms with van der Waals surface area (Å²) in [6.07, 6.45) is -4.98. The highest BCUT2D eigenvalue weighted by Crippen LogP contribution is 2.33. The summed E-state index contributed by atoms with van der Waals surface area (Å²) in [6.45, 7) is -0.991. The van der Waals surface area contributed by atoms with Crippen LogP contribution in [-0.2, 0) is 27.5 Å². The number of nitrogens with one attached hydrogen (secondary N) is 1. The Labute approximate surface area is 204 Å². The maximum atomic E-state index is 13.6. The minimum absolute atomic E-state index is 0.0128. The third-order valence-electron chi connectivity index (χ3n) is 4.82. The van der Waals surface area contributed by atoms with Crippen LogP contribution in [-0.4, -0.2) is 32.3 Å². The normalized spacial score (nSPS) is 12.0. The molecule has 1 N–H and O–H groups in total. The molecule has 0 unspecified atom stereocenters. The van der Waals surface area contributed by atoms with Crippen LogP contribution in [0.5, 0.6) is 5.75 Å². The molecule has 0 atom stereocenters. The second-order valence-corrected chi connectivity index (χ2v) is 9.64. The van der Waals surface area contributed by atoms with E-state index in [2.05, 4.69) is 5.32 Å². The highest BCUT2D eigenvalue weighted by molar-refractivity contribution is 7.89. The van der Waals surface area contributed by atoms with Crippen molar-refractivity contribution in [3.05, 3.63) is 88.7 Å². The predicted molar refractivity (Wildman–Crippen MR) is 122 cm³/mol. The molecule has 0 radical (unpaired) electrons. The van der Waals surface area contributed by atoms with Gasteiger partial charge in [0.05, 0.1) is 19.2 Å². The lowest BCUT2D eigenvalue weighted by Gasteiger charge is -2.23. The molecule has 6 nitrogen and oxygen atoms in total. The monoisotopic (exact) mass is 530 g/mol. The van der Waals surface area contributed by atoms with Crippen LogP contribution < -0.4 is 10.1 Å². The number of hydrogen-bond acceptors (Lipinski definition) is 4. The molecular formula is C23H19ClF4N2O4S. The van der Waals surface area contributed by atoms with Crippen LogP contribution in [0, 0.1) is 5.82 Å². The third-order valence-corrected chi connectivity index (χ3v) is 6.87. The molecule has 186 valence electrons. The van der Waals surface area contributed by atoms with Gasteiger partial charge in [0.1, 0.15) is 16.5 Å². The summed E-state index contributed by atoms with van der Waals surface area (Å²) in [7, 11) is -3.10. The first-order valence-corrected chi connectivity index (χ1v) is 11.8. The van der Waals surface area contributed by atoms with E-state index >= 15 is 0 Å². The number of alkyl halides is 3. The largest absolute Gasteiger partial charge is 0.495 e. The van der Waals surface area contributed by atoms with Crippen molar-refractivity contribution in [3.8, 4) is 5.75 Å². The van der Waals surface area contributed by atoms with Crippen LogP contribution in [0.2, 0.25) is 5.02 Å². The van der Waals surface area contributed by atoms with E-state index in [1.54, 1.807) is 30.3 Å². The summed E-state index contributed by atoms with van der Waals surface area (Å²) in [6, 6.07) is 14.3. The van der Waals surface area contributed by atoms with Crippen molar-refractivity contribution in [2.45, 2.75) is 17.6 Å². The number of halogens is 5. The van der Waals surface area contributed by atoms with Crippen molar-refractivity contribution in [2.75, 3.05) is 19.0 Å². The van der Waals surface area contributed by atoms with E-state index in [0.29, 0.717) is 17.7 Å². The number of benzene rings is 3. The number of rotatable bonds is 8. The number of nitrogens with zero attached hydrogens (tertiary/aromatic N) is 1. The third kappa shape index (κ3) is 6.50. The van der Waals surface area contributed by atoms with Crippen molar-refractivity contribution in [1.82, 2.24) is 4.31 Å². The van der Waals surface area contributed by atoms with Gasteiger partial charge in [0, 0.05) is 17.3 Å². The van der Waals surface area contributed by atoms with E-state index in [1.165, 1.54) is 25.3 Å². The van der Waals surface area contributed by atoms with E-state index in [9.17, 15) is 30.8 Å². The van der Waals surface area contributed by atoms with Gasteiger partial charge in [-0.3, -0.25) is 4.79 Å². The first-order chi connectivity index (χ1) is 16.4. The topological polar surface area (TPSA) is 75.7 Å². The molecule has 0 bridgehead atoms. The van der Waals surface area contributed by atoms with E-state index in [-0.39, 0.29) is 27.9 Å². The van der Waals surface area contributed by atoms with E-state index in [1.807, 2.05) is 0 Å². The van der Waals surface area contributed by atoms with E-state index in [0.717, 1.165) is 10.4 Å². The minimum Gasteiger partial charge on any atom is -0.495 e. The summed E-state index contributed by atoms with van der Waals surface area (Å²) < 4.78 is 85.5. The van der Waals surface area contributed by atoms with Gasteiger partial charge < -0.3 is 10.1 Å². The lowest BCUT2D eigenvalue weighted by molar-refractivity contribution is -0.140. The Morgan fingerprint density at radius 1 is 1.06 bits per heavy atom. The van der Waals surface area contributed by atoms with Gasteiger partial charge in [-0.25, -0.2) is 12.8 Å². The van der Waals surface area contributed by atoms with Gasteiger partial charge in [0.25, 0.3) is 0 Å². The highest BCUT2D eigenvalue weighted by Gasteiger charge is 2.35. The van der Waals surface area contributed by atoms with Crippen LogP contribution in [0.25, 0.3) is 0 Å². The van der Waals surface area contributed by atoms with Gasteiger partial charge in [-0.05, 0) is 42.0 Å². The zero-order chi connectivity index (χ0) is 25.8. The number of amides is 1. The Hall–Kier alpha value is -3.15. The van der Waals surface area contributed by atoms with Crippen molar-refractivity contribution in [1.29, 1.82) is 0 Å². The second-order valence-electron chi connectivity index (χ2n) is 7.29. The van der Waals surface area contributed by atoms with Crippen LogP contribution in [0.4, 0.5) is 23.2 Å². The van der Waals surface area contributed by atoms with Gasteiger partial charge in [0.15, 0.2) is 0 Å². The molecule has 0 heterocycles. The number of carbonyl (C=O) groups is 1. The summed E-state index contributed by atoms with van der Waals surface area (Å²) in [4.78, 5) is 12.4.